The summed E-state index contributed by atoms with van der Waals surface area (Å²) in [5.41, 5.74) is 2.34. The molecule has 0 unspecified atom stereocenters. The molecule has 2 heterocycles. The first-order valence-corrected chi connectivity index (χ1v) is 6.51. The summed E-state index contributed by atoms with van der Waals surface area (Å²) in [4.78, 5) is 19.2. The van der Waals surface area contributed by atoms with Gasteiger partial charge >= 0.3 is 0 Å². The highest BCUT2D eigenvalue weighted by Gasteiger charge is 2.09. The molecule has 94 valence electrons. The summed E-state index contributed by atoms with van der Waals surface area (Å²) in [5.74, 6) is -0.144. The Morgan fingerprint density at radius 1 is 1.26 bits per heavy atom. The van der Waals surface area contributed by atoms with Crippen LogP contribution in [0.5, 0.6) is 0 Å². The lowest BCUT2D eigenvalue weighted by Crippen LogP contribution is -2.12. The molecule has 0 atom stereocenters. The van der Waals surface area contributed by atoms with E-state index in [4.69, 9.17) is 0 Å². The number of carbonyl (C=O) groups is 1. The van der Waals surface area contributed by atoms with E-state index in [1.54, 1.807) is 24.5 Å². The maximum Gasteiger partial charge on any atom is 0.255 e. The fourth-order valence-corrected chi connectivity index (χ4v) is 2.22. The lowest BCUT2D eigenvalue weighted by Gasteiger charge is -2.06. The zero-order chi connectivity index (χ0) is 13.2. The number of anilines is 1. The first kappa shape index (κ1) is 11.9. The highest BCUT2D eigenvalue weighted by Crippen LogP contribution is 2.21. The van der Waals surface area contributed by atoms with Crippen LogP contribution in [0.4, 0.5) is 5.69 Å². The molecular weight excluding hydrogens is 306 g/mol. The number of halogens is 1. The normalized spacial score (nSPS) is 10.6. The molecule has 1 aromatic carbocycles. The second-order valence-corrected chi connectivity index (χ2v) is 4.94. The van der Waals surface area contributed by atoms with E-state index in [9.17, 15) is 4.79 Å². The molecule has 4 nitrogen and oxygen atoms in total. The number of nitrogens with zero attached hydrogens (tertiary/aromatic N) is 1. The molecule has 19 heavy (non-hydrogen) atoms. The third-order valence-corrected chi connectivity index (χ3v) is 3.47. The SMILES string of the molecule is O=C(Nc1ccncc1Br)c1ccc2[nH]ccc2c1. The van der Waals surface area contributed by atoms with Gasteiger partial charge in [-0.05, 0) is 46.3 Å². The molecule has 5 heteroatoms. The molecule has 0 radical (unpaired) electrons. The Bertz CT molecular complexity index is 751. The average molecular weight is 316 g/mol. The summed E-state index contributed by atoms with van der Waals surface area (Å²) < 4.78 is 0.756. The van der Waals surface area contributed by atoms with Crippen LogP contribution in [-0.4, -0.2) is 15.9 Å². The van der Waals surface area contributed by atoms with Gasteiger partial charge in [0.15, 0.2) is 0 Å². The predicted octanol–water partition coefficient (Wildman–Crippen LogP) is 3.58. The van der Waals surface area contributed by atoms with Crippen LogP contribution >= 0.6 is 15.9 Å². The topological polar surface area (TPSA) is 57.8 Å². The van der Waals surface area contributed by atoms with E-state index in [1.807, 2.05) is 24.4 Å². The summed E-state index contributed by atoms with van der Waals surface area (Å²) in [5, 5.41) is 3.86. The van der Waals surface area contributed by atoms with Crippen LogP contribution in [0.2, 0.25) is 0 Å². The van der Waals surface area contributed by atoms with E-state index in [1.165, 1.54) is 0 Å². The Morgan fingerprint density at radius 2 is 2.16 bits per heavy atom. The average Bonchev–Trinajstić information content (AvgIpc) is 2.88. The smallest absolute Gasteiger partial charge is 0.255 e. The molecule has 0 aliphatic rings. The van der Waals surface area contributed by atoms with Crippen molar-refractivity contribution in [3.05, 3.63) is 59.0 Å². The van der Waals surface area contributed by atoms with Crippen molar-refractivity contribution < 1.29 is 4.79 Å². The first-order chi connectivity index (χ1) is 9.24. The summed E-state index contributed by atoms with van der Waals surface area (Å²) in [7, 11) is 0. The third kappa shape index (κ3) is 2.37. The maximum atomic E-state index is 12.2. The van der Waals surface area contributed by atoms with Crippen molar-refractivity contribution in [3.63, 3.8) is 0 Å². The lowest BCUT2D eigenvalue weighted by atomic mass is 10.1. The monoisotopic (exact) mass is 315 g/mol. The number of rotatable bonds is 2. The predicted molar refractivity (Wildman–Crippen MR) is 78.2 cm³/mol. The molecule has 2 aromatic heterocycles. The molecule has 0 saturated carbocycles. The molecule has 0 aliphatic heterocycles. The van der Waals surface area contributed by atoms with E-state index in [0.29, 0.717) is 11.3 Å². The molecule has 0 bridgehead atoms. The molecule has 1 amide bonds. The highest BCUT2D eigenvalue weighted by molar-refractivity contribution is 9.10. The van der Waals surface area contributed by atoms with Gasteiger partial charge in [0, 0.05) is 35.1 Å². The van der Waals surface area contributed by atoms with Crippen LogP contribution in [0.15, 0.2) is 53.4 Å². The van der Waals surface area contributed by atoms with E-state index in [-0.39, 0.29) is 5.91 Å². The second kappa shape index (κ2) is 4.85. The number of hydrogen-bond acceptors (Lipinski definition) is 2. The van der Waals surface area contributed by atoms with Crippen molar-refractivity contribution in [2.75, 3.05) is 5.32 Å². The van der Waals surface area contributed by atoms with Crippen LogP contribution < -0.4 is 5.32 Å². The number of amides is 1. The van der Waals surface area contributed by atoms with Gasteiger partial charge in [-0.15, -0.1) is 0 Å². The van der Waals surface area contributed by atoms with Gasteiger partial charge in [-0.1, -0.05) is 0 Å². The lowest BCUT2D eigenvalue weighted by molar-refractivity contribution is 0.102. The van der Waals surface area contributed by atoms with Crippen molar-refractivity contribution in [1.82, 2.24) is 9.97 Å². The summed E-state index contributed by atoms with van der Waals surface area (Å²) in [6, 6.07) is 9.23. The zero-order valence-electron chi connectivity index (χ0n) is 9.85. The summed E-state index contributed by atoms with van der Waals surface area (Å²) >= 11 is 3.35. The summed E-state index contributed by atoms with van der Waals surface area (Å²) in [6.45, 7) is 0. The highest BCUT2D eigenvalue weighted by atomic mass is 79.9. The number of pyridine rings is 1. The van der Waals surface area contributed by atoms with Crippen LogP contribution in [0.3, 0.4) is 0 Å². The Morgan fingerprint density at radius 3 is 3.00 bits per heavy atom. The van der Waals surface area contributed by atoms with Crippen molar-refractivity contribution in [3.8, 4) is 0 Å². The van der Waals surface area contributed by atoms with E-state index < -0.39 is 0 Å². The molecular formula is C14H10BrN3O. The second-order valence-electron chi connectivity index (χ2n) is 4.09. The Kier molecular flexibility index (Phi) is 3.05. The number of benzene rings is 1. The van der Waals surface area contributed by atoms with Crippen LogP contribution in [0.25, 0.3) is 10.9 Å². The number of H-pyrrole nitrogens is 1. The van der Waals surface area contributed by atoms with Crippen molar-refractivity contribution in [1.29, 1.82) is 0 Å². The largest absolute Gasteiger partial charge is 0.361 e. The van der Waals surface area contributed by atoms with Gasteiger partial charge in [0.05, 0.1) is 10.2 Å². The number of hydrogen-bond donors (Lipinski definition) is 2. The van der Waals surface area contributed by atoms with Crippen LogP contribution in [0.1, 0.15) is 10.4 Å². The number of carbonyl (C=O) groups excluding carboxylic acids is 1. The quantitative estimate of drug-likeness (QED) is 0.759. The molecule has 0 saturated heterocycles. The molecule has 0 spiro atoms. The molecule has 3 aromatic rings. The summed E-state index contributed by atoms with van der Waals surface area (Å²) in [6.07, 6.45) is 5.13. The standard InChI is InChI=1S/C14H10BrN3O/c15-11-8-16-5-4-13(11)18-14(19)10-1-2-12-9(7-10)3-6-17-12/h1-8,17H,(H,16,18,19). The van der Waals surface area contributed by atoms with Gasteiger partial charge in [-0.3, -0.25) is 9.78 Å². The minimum atomic E-state index is -0.144. The minimum absolute atomic E-state index is 0.144. The van der Waals surface area contributed by atoms with E-state index in [0.717, 1.165) is 15.4 Å². The molecule has 2 N–H and O–H groups in total. The van der Waals surface area contributed by atoms with Gasteiger partial charge in [0.25, 0.3) is 5.91 Å². The van der Waals surface area contributed by atoms with Crippen molar-refractivity contribution in [2.24, 2.45) is 0 Å². The maximum absolute atomic E-state index is 12.2. The fraction of sp³-hybridized carbons (Fsp3) is 0. The molecule has 0 fully saturated rings. The number of fused-ring (bicyclic) bond motifs is 1. The van der Waals surface area contributed by atoms with Gasteiger partial charge < -0.3 is 10.3 Å². The molecule has 3 rings (SSSR count). The van der Waals surface area contributed by atoms with Crippen molar-refractivity contribution in [2.45, 2.75) is 0 Å². The fourth-order valence-electron chi connectivity index (χ4n) is 1.87. The zero-order valence-corrected chi connectivity index (χ0v) is 11.4. The van der Waals surface area contributed by atoms with E-state index >= 15 is 0 Å². The minimum Gasteiger partial charge on any atom is -0.361 e. The van der Waals surface area contributed by atoms with Gasteiger partial charge in [0.2, 0.25) is 0 Å². The Balaban J connectivity index is 1.89. The van der Waals surface area contributed by atoms with Gasteiger partial charge in [0.1, 0.15) is 0 Å². The van der Waals surface area contributed by atoms with Crippen LogP contribution in [-0.2, 0) is 0 Å². The first-order valence-electron chi connectivity index (χ1n) is 5.72. The van der Waals surface area contributed by atoms with Gasteiger partial charge in [-0.25, -0.2) is 0 Å². The molecule has 0 aliphatic carbocycles. The van der Waals surface area contributed by atoms with Crippen LogP contribution in [0, 0.1) is 0 Å². The van der Waals surface area contributed by atoms with Gasteiger partial charge in [-0.2, -0.15) is 0 Å². The van der Waals surface area contributed by atoms with E-state index in [2.05, 4.69) is 31.2 Å². The number of nitrogens with one attached hydrogen (secondary N) is 2. The Hall–Kier alpha value is -2.14. The number of aromatic amines is 1. The van der Waals surface area contributed by atoms with Crippen molar-refractivity contribution >= 4 is 38.4 Å². The third-order valence-electron chi connectivity index (χ3n) is 2.84. The number of aromatic nitrogens is 2. The Labute approximate surface area is 118 Å².